The van der Waals surface area contributed by atoms with Crippen molar-refractivity contribution in [1.82, 2.24) is 10.3 Å². The van der Waals surface area contributed by atoms with Crippen LogP contribution in [0.2, 0.25) is 0 Å². The molecule has 0 unspecified atom stereocenters. The molecule has 2 amide bonds. The molecule has 2 aromatic rings. The molecule has 1 heterocycles. The molecular formula is C13H10N4O3S. The number of hydrogen-bond acceptors (Lipinski definition) is 5. The van der Waals surface area contributed by atoms with E-state index in [0.29, 0.717) is 11.3 Å². The third kappa shape index (κ3) is 4.05. The van der Waals surface area contributed by atoms with Crippen molar-refractivity contribution in [3.05, 3.63) is 64.5 Å². The fourth-order valence-corrected chi connectivity index (χ4v) is 1.75. The van der Waals surface area contributed by atoms with Gasteiger partial charge in [0, 0.05) is 35.8 Å². The molecule has 0 saturated carbocycles. The normalized spacial score (nSPS) is 9.71. The highest BCUT2D eigenvalue weighted by Crippen LogP contribution is 2.16. The summed E-state index contributed by atoms with van der Waals surface area (Å²) in [6, 6.07) is 8.44. The Balaban J connectivity index is 2.00. The van der Waals surface area contributed by atoms with Gasteiger partial charge in [-0.25, -0.2) is 4.79 Å². The second kappa shape index (κ2) is 6.53. The van der Waals surface area contributed by atoms with Crippen LogP contribution in [0, 0.1) is 10.1 Å². The highest BCUT2D eigenvalue weighted by atomic mass is 32.1. The van der Waals surface area contributed by atoms with E-state index in [9.17, 15) is 14.9 Å². The number of nitro benzene ring substituents is 1. The first kappa shape index (κ1) is 14.5. The second-order valence-electron chi connectivity index (χ2n) is 3.96. The maximum absolute atomic E-state index is 11.8. The van der Waals surface area contributed by atoms with E-state index < -0.39 is 11.0 Å². The minimum Gasteiger partial charge on any atom is -0.307 e. The molecule has 8 heteroatoms. The van der Waals surface area contributed by atoms with Crippen molar-refractivity contribution in [3.63, 3.8) is 0 Å². The monoisotopic (exact) mass is 302 g/mol. The quantitative estimate of drug-likeness (QED) is 0.516. The molecule has 7 nitrogen and oxygen atoms in total. The van der Waals surface area contributed by atoms with Gasteiger partial charge >= 0.3 is 6.03 Å². The molecule has 0 atom stereocenters. The summed E-state index contributed by atoms with van der Waals surface area (Å²) in [7, 11) is 0. The van der Waals surface area contributed by atoms with Crippen LogP contribution < -0.4 is 10.6 Å². The Hall–Kier alpha value is -2.87. The predicted molar refractivity (Wildman–Crippen MR) is 81.2 cm³/mol. The van der Waals surface area contributed by atoms with Crippen molar-refractivity contribution >= 4 is 34.6 Å². The molecule has 0 aliphatic heterocycles. The van der Waals surface area contributed by atoms with E-state index in [1.165, 1.54) is 24.4 Å². The van der Waals surface area contributed by atoms with E-state index in [-0.39, 0.29) is 10.7 Å². The summed E-state index contributed by atoms with van der Waals surface area (Å²) >= 11 is 5.06. The van der Waals surface area contributed by atoms with Crippen LogP contribution in [0.3, 0.4) is 0 Å². The summed E-state index contributed by atoms with van der Waals surface area (Å²) in [5, 5.41) is 15.6. The van der Waals surface area contributed by atoms with Crippen molar-refractivity contribution in [2.24, 2.45) is 0 Å². The first-order chi connectivity index (χ1) is 10.1. The number of hydrogen-bond donors (Lipinski definition) is 2. The Labute approximate surface area is 125 Å². The zero-order valence-electron chi connectivity index (χ0n) is 10.6. The number of thiocarbonyl (C=S) groups is 1. The number of pyridine rings is 1. The molecule has 2 N–H and O–H groups in total. The van der Waals surface area contributed by atoms with Gasteiger partial charge in [0.25, 0.3) is 5.69 Å². The van der Waals surface area contributed by atoms with Crippen molar-refractivity contribution in [2.75, 3.05) is 5.32 Å². The zero-order valence-corrected chi connectivity index (χ0v) is 11.5. The number of urea groups is 1. The van der Waals surface area contributed by atoms with Crippen LogP contribution in [0.25, 0.3) is 0 Å². The number of carbonyl (C=O) groups is 1. The number of aromatic nitrogens is 1. The van der Waals surface area contributed by atoms with E-state index in [4.69, 9.17) is 12.2 Å². The number of nitro groups is 1. The summed E-state index contributed by atoms with van der Waals surface area (Å²) < 4.78 is 0. The first-order valence-corrected chi connectivity index (χ1v) is 6.24. The van der Waals surface area contributed by atoms with Gasteiger partial charge in [0.2, 0.25) is 0 Å². The molecule has 21 heavy (non-hydrogen) atoms. The summed E-state index contributed by atoms with van der Waals surface area (Å²) in [6.07, 6.45) is 3.12. The van der Waals surface area contributed by atoms with Gasteiger partial charge in [-0.05, 0) is 18.2 Å². The van der Waals surface area contributed by atoms with Gasteiger partial charge in [0.15, 0.2) is 0 Å². The van der Waals surface area contributed by atoms with Gasteiger partial charge in [-0.1, -0.05) is 18.3 Å². The Bertz CT molecular complexity index is 691. The molecule has 0 radical (unpaired) electrons. The number of carbonyl (C=O) groups excluding carboxylic acids is 1. The molecule has 0 bridgehead atoms. The van der Waals surface area contributed by atoms with Gasteiger partial charge < -0.3 is 5.32 Å². The Morgan fingerprint density at radius 3 is 2.76 bits per heavy atom. The lowest BCUT2D eigenvalue weighted by atomic mass is 10.3. The summed E-state index contributed by atoms with van der Waals surface area (Å²) in [5.74, 6) is 0. The standard InChI is InChI=1S/C13H10N4O3S/c18-13(16-12(21)9-3-2-6-14-8-9)15-10-4-1-5-11(7-10)17(19)20/h1-8H,(H2,15,16,18,21). The lowest BCUT2D eigenvalue weighted by Gasteiger charge is -2.08. The molecule has 106 valence electrons. The third-order valence-electron chi connectivity index (χ3n) is 2.47. The van der Waals surface area contributed by atoms with Crippen LogP contribution in [0.5, 0.6) is 0 Å². The number of nitrogens with zero attached hydrogens (tertiary/aromatic N) is 2. The number of rotatable bonds is 3. The fourth-order valence-electron chi connectivity index (χ4n) is 1.53. The van der Waals surface area contributed by atoms with Crippen LogP contribution in [-0.4, -0.2) is 20.9 Å². The number of non-ortho nitro benzene ring substituents is 1. The Morgan fingerprint density at radius 1 is 1.29 bits per heavy atom. The molecule has 0 aliphatic rings. The minimum absolute atomic E-state index is 0.109. The maximum atomic E-state index is 11.8. The predicted octanol–water partition coefficient (Wildman–Crippen LogP) is 2.49. The third-order valence-corrected chi connectivity index (χ3v) is 2.80. The smallest absolute Gasteiger partial charge is 0.307 e. The summed E-state index contributed by atoms with van der Waals surface area (Å²) in [4.78, 5) is 26.0. The van der Waals surface area contributed by atoms with Crippen LogP contribution in [0.1, 0.15) is 5.56 Å². The van der Waals surface area contributed by atoms with Crippen LogP contribution in [0.15, 0.2) is 48.8 Å². The van der Waals surface area contributed by atoms with Gasteiger partial charge in [-0.2, -0.15) is 0 Å². The molecule has 1 aromatic heterocycles. The molecule has 2 rings (SSSR count). The van der Waals surface area contributed by atoms with Crippen molar-refractivity contribution < 1.29 is 9.72 Å². The molecule has 1 aromatic carbocycles. The van der Waals surface area contributed by atoms with Crippen molar-refractivity contribution in [2.45, 2.75) is 0 Å². The number of nitrogens with one attached hydrogen (secondary N) is 2. The van der Waals surface area contributed by atoms with E-state index >= 15 is 0 Å². The molecule has 0 fully saturated rings. The molecular weight excluding hydrogens is 292 g/mol. The Morgan fingerprint density at radius 2 is 2.10 bits per heavy atom. The van der Waals surface area contributed by atoms with Gasteiger partial charge in [0.05, 0.1) is 4.92 Å². The molecule has 0 spiro atoms. The van der Waals surface area contributed by atoms with E-state index in [1.54, 1.807) is 24.4 Å². The summed E-state index contributed by atoms with van der Waals surface area (Å²) in [5.41, 5.74) is 0.792. The average molecular weight is 302 g/mol. The minimum atomic E-state index is -0.579. The van der Waals surface area contributed by atoms with E-state index in [2.05, 4.69) is 15.6 Å². The highest BCUT2D eigenvalue weighted by molar-refractivity contribution is 7.80. The van der Waals surface area contributed by atoms with Crippen molar-refractivity contribution in [1.29, 1.82) is 0 Å². The summed E-state index contributed by atoms with van der Waals surface area (Å²) in [6.45, 7) is 0. The lowest BCUT2D eigenvalue weighted by molar-refractivity contribution is -0.384. The lowest BCUT2D eigenvalue weighted by Crippen LogP contribution is -2.33. The molecule has 0 saturated heterocycles. The van der Waals surface area contributed by atoms with Gasteiger partial charge in [0.1, 0.15) is 4.99 Å². The number of amides is 2. The zero-order chi connectivity index (χ0) is 15.2. The largest absolute Gasteiger partial charge is 0.324 e. The first-order valence-electron chi connectivity index (χ1n) is 5.83. The van der Waals surface area contributed by atoms with Crippen LogP contribution in [-0.2, 0) is 0 Å². The van der Waals surface area contributed by atoms with Gasteiger partial charge in [-0.3, -0.25) is 20.4 Å². The fraction of sp³-hybridized carbons (Fsp3) is 0. The second-order valence-corrected chi connectivity index (χ2v) is 4.37. The van der Waals surface area contributed by atoms with E-state index in [0.717, 1.165) is 0 Å². The maximum Gasteiger partial charge on any atom is 0.324 e. The molecule has 0 aliphatic carbocycles. The SMILES string of the molecule is O=C(NC(=S)c1cccnc1)Nc1cccc([N+](=O)[O-])c1. The van der Waals surface area contributed by atoms with Crippen LogP contribution in [0.4, 0.5) is 16.2 Å². The van der Waals surface area contributed by atoms with E-state index in [1.807, 2.05) is 0 Å². The topological polar surface area (TPSA) is 97.2 Å². The highest BCUT2D eigenvalue weighted by Gasteiger charge is 2.10. The number of benzene rings is 1. The Kier molecular flexibility index (Phi) is 4.52. The van der Waals surface area contributed by atoms with Gasteiger partial charge in [-0.15, -0.1) is 0 Å². The average Bonchev–Trinajstić information content (AvgIpc) is 2.48. The number of anilines is 1. The van der Waals surface area contributed by atoms with Crippen LogP contribution >= 0.6 is 12.2 Å². The van der Waals surface area contributed by atoms with Crippen molar-refractivity contribution in [3.8, 4) is 0 Å².